The summed E-state index contributed by atoms with van der Waals surface area (Å²) in [5.41, 5.74) is 0.527. The van der Waals surface area contributed by atoms with Crippen LogP contribution in [0.15, 0.2) is 0 Å². The number of nitrogens with one attached hydrogen (secondary N) is 1. The molecule has 2 heteroatoms. The second-order valence-corrected chi connectivity index (χ2v) is 6.97. The predicted molar refractivity (Wildman–Crippen MR) is 76.5 cm³/mol. The summed E-state index contributed by atoms with van der Waals surface area (Å²) >= 11 is 0. The largest absolute Gasteiger partial charge is 0.357 e. The molecule has 2 rings (SSSR count). The van der Waals surface area contributed by atoms with Crippen molar-refractivity contribution in [2.45, 2.75) is 84.5 Å². The van der Waals surface area contributed by atoms with E-state index in [0.29, 0.717) is 11.5 Å². The minimum Gasteiger partial charge on any atom is -0.357 e. The average Bonchev–Trinajstić information content (AvgIpc) is 2.39. The Morgan fingerprint density at radius 3 is 2.39 bits per heavy atom. The van der Waals surface area contributed by atoms with E-state index in [1.807, 2.05) is 0 Å². The lowest BCUT2D eigenvalue weighted by molar-refractivity contribution is -0.169. The van der Waals surface area contributed by atoms with Crippen molar-refractivity contribution in [2.24, 2.45) is 11.3 Å². The molecule has 2 nitrogen and oxygen atoms in total. The first-order valence-corrected chi connectivity index (χ1v) is 7.94. The molecule has 1 unspecified atom stereocenters. The standard InChI is InChI=1S/C16H31NO/c1-5-14-9-12-17-16(18-14)10-7-13(8-11-16)15(3,4)6-2/h13-14,17H,5-12H2,1-4H3. The van der Waals surface area contributed by atoms with Gasteiger partial charge in [0.15, 0.2) is 0 Å². The molecule has 0 aromatic rings. The second-order valence-electron chi connectivity index (χ2n) is 6.97. The third-order valence-corrected chi connectivity index (χ3v) is 5.57. The Labute approximate surface area is 113 Å². The van der Waals surface area contributed by atoms with E-state index >= 15 is 0 Å². The first kappa shape index (κ1) is 14.3. The maximum atomic E-state index is 6.35. The Kier molecular flexibility index (Phi) is 4.38. The van der Waals surface area contributed by atoms with Gasteiger partial charge < -0.3 is 4.74 Å². The van der Waals surface area contributed by atoms with Crippen molar-refractivity contribution < 1.29 is 4.74 Å². The zero-order valence-electron chi connectivity index (χ0n) is 12.7. The molecule has 2 fully saturated rings. The SMILES string of the molecule is CCC1CCNC2(CCC(C(C)(C)CC)CC2)O1. The zero-order valence-corrected chi connectivity index (χ0v) is 12.7. The number of ether oxygens (including phenoxy) is 1. The Morgan fingerprint density at radius 1 is 1.17 bits per heavy atom. The molecule has 1 heterocycles. The van der Waals surface area contributed by atoms with Gasteiger partial charge in [0, 0.05) is 6.54 Å². The summed E-state index contributed by atoms with van der Waals surface area (Å²) in [6.45, 7) is 10.6. The summed E-state index contributed by atoms with van der Waals surface area (Å²) < 4.78 is 6.35. The highest BCUT2D eigenvalue weighted by Crippen LogP contribution is 2.44. The van der Waals surface area contributed by atoms with Crippen LogP contribution >= 0.6 is 0 Å². The Bertz CT molecular complexity index is 266. The highest BCUT2D eigenvalue weighted by Gasteiger charge is 2.42. The summed E-state index contributed by atoms with van der Waals surface area (Å²) in [6, 6.07) is 0. The predicted octanol–water partition coefficient (Wildman–Crippen LogP) is 4.10. The normalized spacial score (nSPS) is 38.0. The van der Waals surface area contributed by atoms with Crippen LogP contribution in [0, 0.1) is 11.3 Å². The van der Waals surface area contributed by atoms with E-state index in [9.17, 15) is 0 Å². The zero-order chi connectivity index (χ0) is 13.2. The summed E-state index contributed by atoms with van der Waals surface area (Å²) in [6.07, 6.45) is 9.18. The van der Waals surface area contributed by atoms with Gasteiger partial charge in [0.1, 0.15) is 5.72 Å². The van der Waals surface area contributed by atoms with Crippen molar-refractivity contribution in [3.63, 3.8) is 0 Å². The van der Waals surface area contributed by atoms with E-state index in [1.54, 1.807) is 0 Å². The molecule has 18 heavy (non-hydrogen) atoms. The molecule has 1 saturated heterocycles. The first-order valence-electron chi connectivity index (χ1n) is 7.94. The Balaban J connectivity index is 1.93. The molecular weight excluding hydrogens is 222 g/mol. The van der Waals surface area contributed by atoms with Crippen LogP contribution in [0.1, 0.15) is 72.6 Å². The summed E-state index contributed by atoms with van der Waals surface area (Å²) in [4.78, 5) is 0. The number of rotatable bonds is 3. The quantitative estimate of drug-likeness (QED) is 0.817. The van der Waals surface area contributed by atoms with Gasteiger partial charge in [-0.2, -0.15) is 0 Å². The van der Waals surface area contributed by atoms with Gasteiger partial charge in [-0.25, -0.2) is 0 Å². The second kappa shape index (κ2) is 5.50. The fourth-order valence-electron chi connectivity index (χ4n) is 3.62. The highest BCUT2D eigenvalue weighted by molar-refractivity contribution is 4.92. The lowest BCUT2D eigenvalue weighted by atomic mass is 9.68. The van der Waals surface area contributed by atoms with Crippen molar-refractivity contribution in [1.29, 1.82) is 0 Å². The van der Waals surface area contributed by atoms with Gasteiger partial charge in [-0.3, -0.25) is 5.32 Å². The maximum absolute atomic E-state index is 6.35. The van der Waals surface area contributed by atoms with E-state index in [2.05, 4.69) is 33.0 Å². The molecule has 1 aliphatic carbocycles. The topological polar surface area (TPSA) is 21.3 Å². The molecule has 1 N–H and O–H groups in total. The summed E-state index contributed by atoms with van der Waals surface area (Å²) in [7, 11) is 0. The third kappa shape index (κ3) is 2.91. The monoisotopic (exact) mass is 253 g/mol. The van der Waals surface area contributed by atoms with E-state index in [4.69, 9.17) is 4.74 Å². The fourth-order valence-corrected chi connectivity index (χ4v) is 3.62. The minimum atomic E-state index is 0.0270. The van der Waals surface area contributed by atoms with E-state index in [-0.39, 0.29) is 5.72 Å². The molecule has 0 bridgehead atoms. The molecule has 2 aliphatic rings. The Hall–Kier alpha value is -0.0800. The minimum absolute atomic E-state index is 0.0270. The van der Waals surface area contributed by atoms with E-state index < -0.39 is 0 Å². The van der Waals surface area contributed by atoms with Crippen LogP contribution in [-0.2, 0) is 4.74 Å². The molecule has 1 spiro atoms. The van der Waals surface area contributed by atoms with Gasteiger partial charge in [0.25, 0.3) is 0 Å². The molecule has 0 radical (unpaired) electrons. The molecule has 0 aromatic heterocycles. The van der Waals surface area contributed by atoms with Gasteiger partial charge in [-0.15, -0.1) is 0 Å². The molecule has 0 aromatic carbocycles. The van der Waals surface area contributed by atoms with Crippen LogP contribution in [0.2, 0.25) is 0 Å². The van der Waals surface area contributed by atoms with E-state index in [1.165, 1.54) is 38.5 Å². The van der Waals surface area contributed by atoms with Crippen molar-refractivity contribution >= 4 is 0 Å². The number of hydrogen-bond acceptors (Lipinski definition) is 2. The van der Waals surface area contributed by atoms with Crippen LogP contribution in [0.25, 0.3) is 0 Å². The third-order valence-electron chi connectivity index (χ3n) is 5.57. The van der Waals surface area contributed by atoms with Gasteiger partial charge in [-0.1, -0.05) is 34.1 Å². The lowest BCUT2D eigenvalue weighted by Gasteiger charge is -2.48. The van der Waals surface area contributed by atoms with Gasteiger partial charge in [-0.05, 0) is 49.9 Å². The lowest BCUT2D eigenvalue weighted by Crippen LogP contribution is -2.56. The van der Waals surface area contributed by atoms with Crippen LogP contribution in [0.5, 0.6) is 0 Å². The van der Waals surface area contributed by atoms with Crippen molar-refractivity contribution in [3.05, 3.63) is 0 Å². The van der Waals surface area contributed by atoms with Crippen molar-refractivity contribution in [3.8, 4) is 0 Å². The smallest absolute Gasteiger partial charge is 0.119 e. The van der Waals surface area contributed by atoms with Gasteiger partial charge in [0.2, 0.25) is 0 Å². The van der Waals surface area contributed by atoms with Crippen LogP contribution in [-0.4, -0.2) is 18.4 Å². The van der Waals surface area contributed by atoms with Crippen LogP contribution < -0.4 is 5.32 Å². The van der Waals surface area contributed by atoms with Gasteiger partial charge in [0.05, 0.1) is 6.10 Å². The molecule has 106 valence electrons. The van der Waals surface area contributed by atoms with Gasteiger partial charge >= 0.3 is 0 Å². The van der Waals surface area contributed by atoms with Crippen LogP contribution in [0.4, 0.5) is 0 Å². The molecule has 1 aliphatic heterocycles. The van der Waals surface area contributed by atoms with E-state index in [0.717, 1.165) is 18.9 Å². The first-order chi connectivity index (χ1) is 8.51. The average molecular weight is 253 g/mol. The van der Waals surface area contributed by atoms with Crippen LogP contribution in [0.3, 0.4) is 0 Å². The van der Waals surface area contributed by atoms with Crippen molar-refractivity contribution in [2.75, 3.05) is 6.54 Å². The molecule has 1 saturated carbocycles. The number of hydrogen-bond donors (Lipinski definition) is 1. The maximum Gasteiger partial charge on any atom is 0.119 e. The molecule has 1 atom stereocenters. The highest BCUT2D eigenvalue weighted by atomic mass is 16.5. The summed E-state index contributed by atoms with van der Waals surface area (Å²) in [5, 5.41) is 3.67. The molecule has 0 amide bonds. The molecular formula is C16H31NO. The Morgan fingerprint density at radius 2 is 1.83 bits per heavy atom. The summed E-state index contributed by atoms with van der Waals surface area (Å²) in [5.74, 6) is 0.875. The fraction of sp³-hybridized carbons (Fsp3) is 1.00. The van der Waals surface area contributed by atoms with Crippen molar-refractivity contribution in [1.82, 2.24) is 5.32 Å².